The largest absolute Gasteiger partial charge is 0.359 e. The van der Waals surface area contributed by atoms with Gasteiger partial charge >= 0.3 is 0 Å². The summed E-state index contributed by atoms with van der Waals surface area (Å²) in [6.07, 6.45) is 0.187. The predicted octanol–water partition coefficient (Wildman–Crippen LogP) is -0.267. The molecule has 0 aliphatic carbocycles. The summed E-state index contributed by atoms with van der Waals surface area (Å²) in [5.74, 6) is 0. The molecule has 0 aromatic carbocycles. The Morgan fingerprint density at radius 3 is 2.50 bits per heavy atom. The molecule has 2 aliphatic heterocycles. The zero-order valence-electron chi connectivity index (χ0n) is 11.7. The van der Waals surface area contributed by atoms with Gasteiger partial charge in [-0.25, -0.2) is 0 Å². The molecule has 2 fully saturated rings. The highest BCUT2D eigenvalue weighted by Gasteiger charge is 2.30. The molecule has 0 aromatic rings. The molecular formula is C12H26N4O2. The summed E-state index contributed by atoms with van der Waals surface area (Å²) < 4.78 is 5.80. The van der Waals surface area contributed by atoms with Crippen LogP contribution in [0.1, 0.15) is 27.7 Å². The number of hydrogen-bond acceptors (Lipinski definition) is 6. The topological polar surface area (TPSA) is 66.6 Å². The second-order valence-electron chi connectivity index (χ2n) is 6.15. The van der Waals surface area contributed by atoms with Gasteiger partial charge < -0.3 is 10.1 Å². The number of nitrogens with one attached hydrogen (secondary N) is 4. The van der Waals surface area contributed by atoms with Crippen molar-refractivity contribution in [2.24, 2.45) is 5.41 Å². The van der Waals surface area contributed by atoms with Gasteiger partial charge in [0.25, 0.3) is 0 Å². The summed E-state index contributed by atoms with van der Waals surface area (Å²) in [6.45, 7) is 11.1. The van der Waals surface area contributed by atoms with Crippen molar-refractivity contribution >= 4 is 0 Å². The molecule has 0 saturated carbocycles. The maximum absolute atomic E-state index is 5.80. The van der Waals surface area contributed by atoms with Gasteiger partial charge in [-0.2, -0.15) is 5.48 Å². The lowest BCUT2D eigenvalue weighted by Gasteiger charge is -2.38. The molecule has 106 valence electrons. The molecule has 2 heterocycles. The zero-order chi connectivity index (χ0) is 13.2. The van der Waals surface area contributed by atoms with E-state index in [9.17, 15) is 0 Å². The first-order valence-corrected chi connectivity index (χ1v) is 6.71. The van der Waals surface area contributed by atoms with Gasteiger partial charge in [-0.15, -0.1) is 0 Å². The van der Waals surface area contributed by atoms with E-state index >= 15 is 0 Å². The third kappa shape index (κ3) is 3.88. The predicted molar refractivity (Wildman–Crippen MR) is 69.6 cm³/mol. The van der Waals surface area contributed by atoms with Gasteiger partial charge in [0.05, 0.1) is 6.61 Å². The van der Waals surface area contributed by atoms with Crippen molar-refractivity contribution in [2.45, 2.75) is 52.4 Å². The Balaban J connectivity index is 1.65. The van der Waals surface area contributed by atoms with Gasteiger partial charge in [0.1, 0.15) is 18.6 Å². The maximum Gasteiger partial charge on any atom is 0.128 e. The van der Waals surface area contributed by atoms with E-state index in [2.05, 4.69) is 42.2 Å². The van der Waals surface area contributed by atoms with Crippen molar-refractivity contribution in [3.05, 3.63) is 0 Å². The molecule has 2 saturated heterocycles. The second-order valence-corrected chi connectivity index (χ2v) is 6.15. The summed E-state index contributed by atoms with van der Waals surface area (Å²) in [5, 5.41) is 10.2. The Bertz CT molecular complexity index is 261. The molecule has 0 radical (unpaired) electrons. The van der Waals surface area contributed by atoms with Crippen LogP contribution in [0.4, 0.5) is 0 Å². The molecule has 4 atom stereocenters. The van der Waals surface area contributed by atoms with E-state index in [1.54, 1.807) is 0 Å². The lowest BCUT2D eigenvalue weighted by molar-refractivity contribution is -0.0210. The maximum atomic E-state index is 5.80. The Labute approximate surface area is 109 Å². The Morgan fingerprint density at radius 1 is 1.22 bits per heavy atom. The molecule has 2 aliphatic rings. The second kappa shape index (κ2) is 5.81. The molecule has 0 bridgehead atoms. The van der Waals surface area contributed by atoms with Crippen molar-refractivity contribution in [2.75, 3.05) is 19.7 Å². The number of ether oxygens (including phenoxy) is 1. The summed E-state index contributed by atoms with van der Waals surface area (Å²) in [4.78, 5) is 5.19. The lowest BCUT2D eigenvalue weighted by Crippen LogP contribution is -2.60. The van der Waals surface area contributed by atoms with Crippen LogP contribution in [0.15, 0.2) is 0 Å². The summed E-state index contributed by atoms with van der Waals surface area (Å²) >= 11 is 0. The number of hydrogen-bond donors (Lipinski definition) is 4. The number of hydroxylamine groups is 1. The highest BCUT2D eigenvalue weighted by Crippen LogP contribution is 2.20. The van der Waals surface area contributed by atoms with E-state index in [4.69, 9.17) is 9.57 Å². The summed E-state index contributed by atoms with van der Waals surface area (Å²) in [7, 11) is 0. The molecule has 6 nitrogen and oxygen atoms in total. The van der Waals surface area contributed by atoms with Crippen LogP contribution < -0.4 is 21.4 Å². The van der Waals surface area contributed by atoms with Crippen LogP contribution in [-0.2, 0) is 9.57 Å². The van der Waals surface area contributed by atoms with Crippen molar-refractivity contribution in [1.82, 2.24) is 21.4 Å². The molecule has 4 unspecified atom stereocenters. The van der Waals surface area contributed by atoms with E-state index in [1.165, 1.54) is 0 Å². The fourth-order valence-electron chi connectivity index (χ4n) is 2.20. The van der Waals surface area contributed by atoms with Crippen LogP contribution in [0.5, 0.6) is 0 Å². The van der Waals surface area contributed by atoms with Crippen molar-refractivity contribution in [1.29, 1.82) is 0 Å². The standard InChI is InChI=1S/C12H26N4O2/c1-8-15-10(16-18-8)7-17-11-6-13-9(5-14-11)12(2,3)4/h8-11,13-16H,5-7H2,1-4H3. The Hall–Kier alpha value is -0.240. The number of piperazine rings is 1. The fraction of sp³-hybridized carbons (Fsp3) is 1.00. The monoisotopic (exact) mass is 258 g/mol. The average Bonchev–Trinajstić information content (AvgIpc) is 2.72. The highest BCUT2D eigenvalue weighted by atomic mass is 16.7. The molecule has 6 heteroatoms. The molecule has 0 aromatic heterocycles. The van der Waals surface area contributed by atoms with Crippen LogP contribution in [0.3, 0.4) is 0 Å². The highest BCUT2D eigenvalue weighted by molar-refractivity contribution is 4.87. The normalized spacial score (nSPS) is 38.0. The third-order valence-electron chi connectivity index (χ3n) is 3.43. The Morgan fingerprint density at radius 2 is 2.00 bits per heavy atom. The minimum atomic E-state index is 0.0429. The zero-order valence-corrected chi connectivity index (χ0v) is 11.7. The van der Waals surface area contributed by atoms with Crippen LogP contribution in [0.2, 0.25) is 0 Å². The Kier molecular flexibility index (Phi) is 4.58. The molecule has 0 spiro atoms. The lowest BCUT2D eigenvalue weighted by atomic mass is 9.86. The molecule has 0 amide bonds. The van der Waals surface area contributed by atoms with Gasteiger partial charge in [0, 0.05) is 19.1 Å². The van der Waals surface area contributed by atoms with Crippen molar-refractivity contribution in [3.8, 4) is 0 Å². The van der Waals surface area contributed by atoms with Gasteiger partial charge in [-0.1, -0.05) is 20.8 Å². The van der Waals surface area contributed by atoms with E-state index in [0.717, 1.165) is 13.1 Å². The van der Waals surface area contributed by atoms with E-state index in [0.29, 0.717) is 12.6 Å². The summed E-state index contributed by atoms with van der Waals surface area (Å²) in [5.41, 5.74) is 3.17. The van der Waals surface area contributed by atoms with E-state index in [1.807, 2.05) is 6.92 Å². The summed E-state index contributed by atoms with van der Waals surface area (Å²) in [6, 6.07) is 0.489. The van der Waals surface area contributed by atoms with Gasteiger partial charge in [0.2, 0.25) is 0 Å². The molecule has 18 heavy (non-hydrogen) atoms. The molecule has 4 N–H and O–H groups in total. The molecular weight excluding hydrogens is 232 g/mol. The quantitative estimate of drug-likeness (QED) is 0.559. The van der Waals surface area contributed by atoms with E-state index < -0.39 is 0 Å². The fourth-order valence-corrected chi connectivity index (χ4v) is 2.20. The van der Waals surface area contributed by atoms with E-state index in [-0.39, 0.29) is 24.0 Å². The number of rotatable bonds is 3. The SMILES string of the molecule is CC1NC(COC2CNC(C(C)(C)C)CN2)NO1. The minimum absolute atomic E-state index is 0.0429. The van der Waals surface area contributed by atoms with Crippen molar-refractivity contribution in [3.63, 3.8) is 0 Å². The van der Waals surface area contributed by atoms with Gasteiger partial charge in [-0.05, 0) is 12.3 Å². The van der Waals surface area contributed by atoms with Crippen LogP contribution >= 0.6 is 0 Å². The van der Waals surface area contributed by atoms with Crippen LogP contribution in [0, 0.1) is 5.41 Å². The van der Waals surface area contributed by atoms with Gasteiger partial charge in [-0.3, -0.25) is 15.5 Å². The van der Waals surface area contributed by atoms with Gasteiger partial charge in [0.15, 0.2) is 0 Å². The smallest absolute Gasteiger partial charge is 0.128 e. The first-order valence-electron chi connectivity index (χ1n) is 6.71. The first-order chi connectivity index (χ1) is 8.45. The van der Waals surface area contributed by atoms with Crippen LogP contribution in [-0.4, -0.2) is 44.4 Å². The first kappa shape index (κ1) is 14.2. The van der Waals surface area contributed by atoms with Crippen molar-refractivity contribution < 1.29 is 9.57 Å². The molecule has 2 rings (SSSR count). The van der Waals surface area contributed by atoms with Crippen LogP contribution in [0.25, 0.3) is 0 Å². The minimum Gasteiger partial charge on any atom is -0.359 e. The average molecular weight is 258 g/mol. The third-order valence-corrected chi connectivity index (χ3v) is 3.43.